The van der Waals surface area contributed by atoms with Crippen molar-refractivity contribution >= 4 is 55.6 Å². The molecule has 0 unspecified atom stereocenters. The predicted octanol–water partition coefficient (Wildman–Crippen LogP) is 7.83. The molecule has 0 saturated heterocycles. The molecular weight excluding hydrogens is 613 g/mol. The second-order valence-electron chi connectivity index (χ2n) is 9.06. The molecule has 2 heterocycles. The maximum absolute atomic E-state index is 13.6. The molecule has 2 aromatic heterocycles. The minimum Gasteiger partial charge on any atom is -0.493 e. The van der Waals surface area contributed by atoms with Gasteiger partial charge in [-0.15, -0.1) is 0 Å². The molecule has 0 amide bonds. The van der Waals surface area contributed by atoms with E-state index in [-0.39, 0.29) is 23.8 Å². The van der Waals surface area contributed by atoms with Crippen molar-refractivity contribution in [3.05, 3.63) is 122 Å². The van der Waals surface area contributed by atoms with Crippen molar-refractivity contribution < 1.29 is 18.3 Å². The first-order valence-corrected chi connectivity index (χ1v) is 13.6. The van der Waals surface area contributed by atoms with Crippen molar-refractivity contribution in [1.29, 1.82) is 0 Å². The number of fused-ring (bicyclic) bond motifs is 2. The molecule has 0 atom stereocenters. The second-order valence-corrected chi connectivity index (χ2v) is 10.3. The summed E-state index contributed by atoms with van der Waals surface area (Å²) in [5.74, 6) is 1.21. The van der Waals surface area contributed by atoms with Crippen molar-refractivity contribution in [1.82, 2.24) is 9.66 Å². The summed E-state index contributed by atoms with van der Waals surface area (Å²) in [4.78, 5) is 18.3. The average Bonchev–Trinajstić information content (AvgIpc) is 3.39. The number of furan rings is 1. The lowest BCUT2D eigenvalue weighted by Crippen LogP contribution is -2.20. The fourth-order valence-corrected chi connectivity index (χ4v) is 5.08. The van der Waals surface area contributed by atoms with Crippen LogP contribution in [0.2, 0.25) is 5.02 Å². The van der Waals surface area contributed by atoms with Gasteiger partial charge in [0.1, 0.15) is 18.0 Å². The number of nitrogens with zero attached hydrogens (tertiary/aromatic N) is 3. The Balaban J connectivity index is 1.39. The first kappa shape index (κ1) is 26.7. The van der Waals surface area contributed by atoms with Crippen LogP contribution in [0.15, 0.2) is 104 Å². The molecule has 0 aliphatic carbocycles. The van der Waals surface area contributed by atoms with Crippen LogP contribution in [0.1, 0.15) is 11.1 Å². The van der Waals surface area contributed by atoms with Crippen molar-refractivity contribution in [2.45, 2.75) is 6.61 Å². The maximum Gasteiger partial charge on any atom is 0.282 e. The first-order valence-electron chi connectivity index (χ1n) is 12.4. The Labute approximate surface area is 246 Å². The minimum atomic E-state index is -0.356. The molecule has 0 saturated carbocycles. The van der Waals surface area contributed by atoms with Gasteiger partial charge >= 0.3 is 0 Å². The third kappa shape index (κ3) is 5.46. The highest BCUT2D eigenvalue weighted by molar-refractivity contribution is 9.10. The highest BCUT2D eigenvalue weighted by Crippen LogP contribution is 2.37. The average molecular weight is 633 g/mol. The van der Waals surface area contributed by atoms with Crippen LogP contribution < -0.4 is 15.0 Å². The Kier molecular flexibility index (Phi) is 7.30. The zero-order chi connectivity index (χ0) is 28.5. The molecule has 0 N–H and O–H groups in total. The number of para-hydroxylation sites is 1. The first-order chi connectivity index (χ1) is 19.9. The van der Waals surface area contributed by atoms with E-state index in [0.717, 1.165) is 10.9 Å². The number of methoxy groups -OCH3 is 1. The van der Waals surface area contributed by atoms with E-state index < -0.39 is 0 Å². The smallest absolute Gasteiger partial charge is 0.282 e. The number of rotatable bonds is 7. The zero-order valence-electron chi connectivity index (χ0n) is 21.5. The predicted molar refractivity (Wildman–Crippen MR) is 161 cm³/mol. The number of halogens is 3. The molecule has 0 radical (unpaired) electrons. The van der Waals surface area contributed by atoms with Crippen molar-refractivity contribution in [3.63, 3.8) is 0 Å². The van der Waals surface area contributed by atoms with Crippen LogP contribution in [0.3, 0.4) is 0 Å². The number of ether oxygens (including phenoxy) is 2. The van der Waals surface area contributed by atoms with E-state index in [1.54, 1.807) is 66.7 Å². The Morgan fingerprint density at radius 1 is 1.07 bits per heavy atom. The van der Waals surface area contributed by atoms with E-state index in [2.05, 4.69) is 21.0 Å². The molecule has 0 bridgehead atoms. The third-order valence-electron chi connectivity index (χ3n) is 6.32. The van der Waals surface area contributed by atoms with E-state index in [1.807, 2.05) is 6.07 Å². The summed E-state index contributed by atoms with van der Waals surface area (Å²) in [5.41, 5.74) is 2.20. The molecule has 6 aromatic rings. The Morgan fingerprint density at radius 3 is 2.68 bits per heavy atom. The lowest BCUT2D eigenvalue weighted by molar-refractivity contribution is 0.282. The Bertz CT molecular complexity index is 2000. The van der Waals surface area contributed by atoms with Crippen LogP contribution in [0.4, 0.5) is 4.39 Å². The molecule has 6 rings (SSSR count). The minimum absolute atomic E-state index is 0.215. The monoisotopic (exact) mass is 631 g/mol. The number of hydrogen-bond acceptors (Lipinski definition) is 6. The molecular formula is C31H20BrClFN3O4. The Morgan fingerprint density at radius 2 is 1.88 bits per heavy atom. The fourth-order valence-electron chi connectivity index (χ4n) is 4.33. The van der Waals surface area contributed by atoms with E-state index in [0.29, 0.717) is 48.8 Å². The van der Waals surface area contributed by atoms with Crippen LogP contribution in [0.5, 0.6) is 11.5 Å². The molecule has 0 fully saturated rings. The van der Waals surface area contributed by atoms with Gasteiger partial charge in [0, 0.05) is 10.4 Å². The number of benzene rings is 4. The zero-order valence-corrected chi connectivity index (χ0v) is 23.8. The van der Waals surface area contributed by atoms with Gasteiger partial charge in [0.05, 0.1) is 28.7 Å². The van der Waals surface area contributed by atoms with Crippen LogP contribution in [-0.2, 0) is 6.61 Å². The largest absolute Gasteiger partial charge is 0.493 e. The fraction of sp³-hybridized carbons (Fsp3) is 0.0645. The summed E-state index contributed by atoms with van der Waals surface area (Å²) in [6.07, 6.45) is 1.53. The van der Waals surface area contributed by atoms with Gasteiger partial charge in [-0.05, 0) is 87.7 Å². The van der Waals surface area contributed by atoms with Crippen LogP contribution in [0.25, 0.3) is 33.5 Å². The van der Waals surface area contributed by atoms with E-state index in [9.17, 15) is 9.18 Å². The highest BCUT2D eigenvalue weighted by Gasteiger charge is 2.17. The quantitative estimate of drug-likeness (QED) is 0.168. The molecule has 204 valence electrons. The van der Waals surface area contributed by atoms with Crippen LogP contribution in [0, 0.1) is 5.82 Å². The van der Waals surface area contributed by atoms with Gasteiger partial charge in [-0.3, -0.25) is 4.79 Å². The molecule has 4 aromatic carbocycles. The highest BCUT2D eigenvalue weighted by atomic mass is 79.9. The second kappa shape index (κ2) is 11.2. The SMILES string of the molecule is COc1cc(C=Nn2c(-c3cc4cc(Cl)ccc4o3)nc3ccccc3c2=O)cc(Br)c1OCc1ccc(F)cc1. The van der Waals surface area contributed by atoms with Crippen LogP contribution >= 0.6 is 27.5 Å². The van der Waals surface area contributed by atoms with Gasteiger partial charge in [-0.25, -0.2) is 9.37 Å². The van der Waals surface area contributed by atoms with Crippen molar-refractivity contribution in [3.8, 4) is 23.1 Å². The van der Waals surface area contributed by atoms with Crippen molar-refractivity contribution in [2.24, 2.45) is 5.10 Å². The summed E-state index contributed by atoms with van der Waals surface area (Å²) >= 11 is 9.70. The summed E-state index contributed by atoms with van der Waals surface area (Å²) in [6, 6.07) is 23.7. The standard InChI is InChI=1S/C31H20BrClFN3O4/c1-39-27-13-19(12-24(32)29(27)40-17-18-6-9-22(34)10-7-18)16-35-37-30(36-25-5-3-2-4-23(25)31(37)38)28-15-20-14-21(33)8-11-26(20)41-28/h2-16H,17H2,1H3. The summed E-state index contributed by atoms with van der Waals surface area (Å²) in [5, 5.41) is 6.27. The lowest BCUT2D eigenvalue weighted by Gasteiger charge is -2.13. The molecule has 10 heteroatoms. The third-order valence-corrected chi connectivity index (χ3v) is 7.15. The molecule has 0 aliphatic heterocycles. The maximum atomic E-state index is 13.6. The summed E-state index contributed by atoms with van der Waals surface area (Å²) < 4.78 is 32.6. The Hall–Kier alpha value is -4.47. The number of aromatic nitrogens is 2. The topological polar surface area (TPSA) is 78.9 Å². The van der Waals surface area contributed by atoms with E-state index >= 15 is 0 Å². The van der Waals surface area contributed by atoms with Gasteiger partial charge in [-0.2, -0.15) is 9.78 Å². The molecule has 7 nitrogen and oxygen atoms in total. The molecule has 0 aliphatic rings. The molecule has 41 heavy (non-hydrogen) atoms. The van der Waals surface area contributed by atoms with Gasteiger partial charge in [0.15, 0.2) is 17.3 Å². The normalized spacial score (nSPS) is 11.5. The summed E-state index contributed by atoms with van der Waals surface area (Å²) in [6.45, 7) is 0.215. The van der Waals surface area contributed by atoms with Crippen molar-refractivity contribution in [2.75, 3.05) is 7.11 Å². The van der Waals surface area contributed by atoms with E-state index in [1.165, 1.54) is 30.1 Å². The molecule has 0 spiro atoms. The van der Waals surface area contributed by atoms with Gasteiger partial charge in [0.2, 0.25) is 5.82 Å². The van der Waals surface area contributed by atoms with Gasteiger partial charge in [0.25, 0.3) is 5.56 Å². The number of hydrogen-bond donors (Lipinski definition) is 0. The van der Waals surface area contributed by atoms with Gasteiger partial charge in [-0.1, -0.05) is 35.9 Å². The summed E-state index contributed by atoms with van der Waals surface area (Å²) in [7, 11) is 1.52. The lowest BCUT2D eigenvalue weighted by atomic mass is 10.2. The van der Waals surface area contributed by atoms with Crippen LogP contribution in [-0.4, -0.2) is 23.0 Å². The van der Waals surface area contributed by atoms with Gasteiger partial charge < -0.3 is 13.9 Å². The van der Waals surface area contributed by atoms with E-state index in [4.69, 9.17) is 30.5 Å².